The summed E-state index contributed by atoms with van der Waals surface area (Å²) in [6.45, 7) is 20.3. The lowest BCUT2D eigenvalue weighted by molar-refractivity contribution is -0.110. The predicted molar refractivity (Wildman–Crippen MR) is 269 cm³/mol. The number of nitrogens with zero attached hydrogens (tertiary/aromatic N) is 7. The van der Waals surface area contributed by atoms with Gasteiger partial charge in [0.1, 0.15) is 12.1 Å². The van der Waals surface area contributed by atoms with Gasteiger partial charge in [-0.15, -0.1) is 0 Å². The molecular weight excluding hydrogens is 829 g/mol. The van der Waals surface area contributed by atoms with Gasteiger partial charge in [-0.25, -0.2) is 24.3 Å². The van der Waals surface area contributed by atoms with Gasteiger partial charge in [0.2, 0.25) is 6.41 Å². The van der Waals surface area contributed by atoms with E-state index in [1.165, 1.54) is 28.2 Å². The molecule has 14 nitrogen and oxygen atoms in total. The van der Waals surface area contributed by atoms with Crippen molar-refractivity contribution in [3.05, 3.63) is 155 Å². The van der Waals surface area contributed by atoms with Crippen molar-refractivity contribution in [3.8, 4) is 11.4 Å². The monoisotopic (exact) mass is 895 g/mol. The third-order valence-corrected chi connectivity index (χ3v) is 12.0. The second-order valence-electron chi connectivity index (χ2n) is 16.7. The maximum absolute atomic E-state index is 12.6. The quantitative estimate of drug-likeness (QED) is 0.0765. The molecule has 0 bridgehead atoms. The van der Waals surface area contributed by atoms with E-state index in [-0.39, 0.29) is 11.7 Å². The molecule has 0 spiro atoms. The van der Waals surface area contributed by atoms with E-state index in [4.69, 9.17) is 4.74 Å². The fraction of sp³-hybridized carbons (Fsp3) is 0.346. The Kier molecular flexibility index (Phi) is 17.8. The van der Waals surface area contributed by atoms with Gasteiger partial charge in [-0.2, -0.15) is 5.10 Å². The Bertz CT molecular complexity index is 2420. The minimum Gasteiger partial charge on any atom is -0.410 e. The number of piperazine rings is 2. The fourth-order valence-corrected chi connectivity index (χ4v) is 7.52. The molecule has 0 radical (unpaired) electrons. The Morgan fingerprint density at radius 1 is 0.621 bits per heavy atom. The third-order valence-electron chi connectivity index (χ3n) is 12.0. The van der Waals surface area contributed by atoms with Crippen molar-refractivity contribution in [3.63, 3.8) is 0 Å². The summed E-state index contributed by atoms with van der Waals surface area (Å²) >= 11 is 0. The van der Waals surface area contributed by atoms with Crippen LogP contribution in [0.4, 0.5) is 33.2 Å². The summed E-state index contributed by atoms with van der Waals surface area (Å²) in [6.07, 6.45) is 3.65. The molecule has 0 saturated carbocycles. The van der Waals surface area contributed by atoms with Crippen LogP contribution in [0.1, 0.15) is 57.7 Å². The van der Waals surface area contributed by atoms with Gasteiger partial charge in [0, 0.05) is 86.8 Å². The maximum atomic E-state index is 12.6. The number of para-hydroxylation sites is 1. The smallest absolute Gasteiger partial charge is 0.410 e. The number of hydrogen-bond acceptors (Lipinski definition) is 10. The number of nitrogens with one attached hydrogen (secondary N) is 3. The summed E-state index contributed by atoms with van der Waals surface area (Å²) < 4.78 is 8.43. The molecule has 2 fully saturated rings. The van der Waals surface area contributed by atoms with Crippen LogP contribution in [-0.2, 0) is 4.79 Å². The van der Waals surface area contributed by atoms with Gasteiger partial charge in [0.05, 0.1) is 11.7 Å². The van der Waals surface area contributed by atoms with Gasteiger partial charge in [-0.1, -0.05) is 67.4 Å². The summed E-state index contributed by atoms with van der Waals surface area (Å²) in [5, 5.41) is 7.03. The lowest BCUT2D eigenvalue weighted by Crippen LogP contribution is -2.46. The molecule has 3 heterocycles. The molecule has 14 heteroatoms. The van der Waals surface area contributed by atoms with Gasteiger partial charge in [0.15, 0.2) is 0 Å². The Hall–Kier alpha value is -7.06. The zero-order chi connectivity index (χ0) is 46.8. The van der Waals surface area contributed by atoms with E-state index >= 15 is 0 Å². The summed E-state index contributed by atoms with van der Waals surface area (Å²) in [4.78, 5) is 43.9. The van der Waals surface area contributed by atoms with Gasteiger partial charge in [-0.05, 0) is 125 Å². The molecule has 2 saturated heterocycles. The number of ether oxygens (including phenoxy) is 1. The SMILES string of the molecule is CCC(C)NNC=O.CCC(C)n1ncn(-c2ccc(N3CCN(c4ccc(C)cc4)CC3)cc2)c1=O.Cc1ccc(N2CCN(c3ccc(NC(=O)Oc4ccccc4)cc3)CC2)cc1. The highest BCUT2D eigenvalue weighted by molar-refractivity contribution is 5.86. The van der Waals surface area contributed by atoms with E-state index in [9.17, 15) is 14.4 Å². The van der Waals surface area contributed by atoms with Gasteiger partial charge >= 0.3 is 11.8 Å². The van der Waals surface area contributed by atoms with Crippen LogP contribution in [0.15, 0.2) is 139 Å². The molecule has 2 aliphatic heterocycles. The van der Waals surface area contributed by atoms with Crippen molar-refractivity contribution in [2.75, 3.05) is 77.3 Å². The molecule has 8 rings (SSSR count). The van der Waals surface area contributed by atoms with Crippen LogP contribution in [-0.4, -0.2) is 85.3 Å². The number of carbonyl (C=O) groups is 2. The highest BCUT2D eigenvalue weighted by atomic mass is 16.6. The van der Waals surface area contributed by atoms with Crippen molar-refractivity contribution in [1.82, 2.24) is 25.2 Å². The number of rotatable bonds is 13. The van der Waals surface area contributed by atoms with Gasteiger partial charge in [0.25, 0.3) is 0 Å². The second-order valence-corrected chi connectivity index (χ2v) is 16.7. The van der Waals surface area contributed by atoms with E-state index < -0.39 is 6.09 Å². The first kappa shape index (κ1) is 48.4. The standard InChI is InChI=1S/C24H25N3O2.C23H29N5O.C5H12N2O/c1-19-7-11-21(12-8-19)26-15-17-27(18-16-26)22-13-9-20(10-14-22)25-24(28)29-23-5-3-2-4-6-23;1-4-19(3)28-23(29)27(17-24-28)22-11-9-21(10-12-22)26-15-13-25(14-16-26)20-7-5-18(2)6-8-20;1-3-5(2)7-6-4-8/h2-14H,15-18H2,1H3,(H,25,28);5-12,17,19H,4,13-16H2,1-3H3;4-5,7H,3H2,1-2H3,(H,6,8). The lowest BCUT2D eigenvalue weighted by atomic mass is 10.2. The van der Waals surface area contributed by atoms with Crippen molar-refractivity contribution in [1.29, 1.82) is 0 Å². The van der Waals surface area contributed by atoms with Crippen LogP contribution in [0.3, 0.4) is 0 Å². The zero-order valence-corrected chi connectivity index (χ0v) is 39.3. The van der Waals surface area contributed by atoms with E-state index in [0.717, 1.165) is 76.6 Å². The largest absolute Gasteiger partial charge is 0.417 e. The molecule has 5 aromatic carbocycles. The number of aryl methyl sites for hydroxylation is 2. The summed E-state index contributed by atoms with van der Waals surface area (Å²) in [7, 11) is 0. The molecule has 2 amide bonds. The Labute approximate surface area is 389 Å². The highest BCUT2D eigenvalue weighted by Crippen LogP contribution is 2.24. The fourth-order valence-electron chi connectivity index (χ4n) is 7.52. The first-order chi connectivity index (χ1) is 32.0. The molecule has 2 aliphatic rings. The van der Waals surface area contributed by atoms with Crippen molar-refractivity contribution >= 4 is 40.9 Å². The number of hydrogen-bond donors (Lipinski definition) is 3. The average molecular weight is 895 g/mol. The van der Waals surface area contributed by atoms with E-state index in [1.54, 1.807) is 27.7 Å². The van der Waals surface area contributed by atoms with Gasteiger partial charge in [-0.3, -0.25) is 15.5 Å². The molecule has 3 N–H and O–H groups in total. The van der Waals surface area contributed by atoms with Crippen LogP contribution in [0.2, 0.25) is 0 Å². The summed E-state index contributed by atoms with van der Waals surface area (Å²) in [6, 6.07) is 43.1. The molecular formula is C52H66N10O4. The average Bonchev–Trinajstić information content (AvgIpc) is 3.75. The van der Waals surface area contributed by atoms with E-state index in [2.05, 4.69) is 122 Å². The Morgan fingerprint density at radius 3 is 1.47 bits per heavy atom. The first-order valence-corrected chi connectivity index (χ1v) is 23.0. The number of carbonyl (C=O) groups excluding carboxylic acids is 2. The molecule has 2 unspecified atom stereocenters. The van der Waals surface area contributed by atoms with Gasteiger partial charge < -0.3 is 24.3 Å². The van der Waals surface area contributed by atoms with E-state index in [0.29, 0.717) is 23.9 Å². The normalized spacial score (nSPS) is 14.5. The van der Waals surface area contributed by atoms with Crippen molar-refractivity contribution < 1.29 is 14.3 Å². The topological polar surface area (TPSA) is 132 Å². The van der Waals surface area contributed by atoms with Crippen LogP contribution in [0.5, 0.6) is 5.75 Å². The Morgan fingerprint density at radius 2 is 1.05 bits per heavy atom. The Balaban J connectivity index is 0.000000188. The van der Waals surface area contributed by atoms with Crippen LogP contribution >= 0.6 is 0 Å². The highest BCUT2D eigenvalue weighted by Gasteiger charge is 2.20. The van der Waals surface area contributed by atoms with Crippen LogP contribution in [0.25, 0.3) is 5.69 Å². The summed E-state index contributed by atoms with van der Waals surface area (Å²) in [5.74, 6) is 0.521. The van der Waals surface area contributed by atoms with Crippen molar-refractivity contribution in [2.45, 2.75) is 66.5 Å². The number of anilines is 5. The minimum absolute atomic E-state index is 0.0844. The number of hydrazine groups is 1. The number of aromatic nitrogens is 3. The van der Waals surface area contributed by atoms with Crippen molar-refractivity contribution in [2.24, 2.45) is 0 Å². The molecule has 2 atom stereocenters. The lowest BCUT2D eigenvalue weighted by Gasteiger charge is -2.37. The molecule has 348 valence electrons. The second kappa shape index (κ2) is 24.3. The molecule has 1 aromatic heterocycles. The number of amides is 2. The van der Waals surface area contributed by atoms with Crippen LogP contribution in [0, 0.1) is 13.8 Å². The number of benzene rings is 5. The minimum atomic E-state index is -0.490. The third kappa shape index (κ3) is 13.7. The summed E-state index contributed by atoms with van der Waals surface area (Å²) in [5.41, 5.74) is 14.1. The molecule has 6 aromatic rings. The first-order valence-electron chi connectivity index (χ1n) is 23.0. The molecule has 0 aliphatic carbocycles. The van der Waals surface area contributed by atoms with Crippen LogP contribution < -0.4 is 46.2 Å². The predicted octanol–water partition coefficient (Wildman–Crippen LogP) is 8.61. The van der Waals surface area contributed by atoms with E-state index in [1.807, 2.05) is 75.4 Å². The molecule has 66 heavy (non-hydrogen) atoms. The zero-order valence-electron chi connectivity index (χ0n) is 39.3. The maximum Gasteiger partial charge on any atom is 0.417 e.